The summed E-state index contributed by atoms with van der Waals surface area (Å²) in [6.45, 7) is 2.14. The zero-order valence-electron chi connectivity index (χ0n) is 14.4. The summed E-state index contributed by atoms with van der Waals surface area (Å²) in [6, 6.07) is 10.4. The molecule has 0 aliphatic carbocycles. The summed E-state index contributed by atoms with van der Waals surface area (Å²) < 4.78 is 5.13. The molecule has 2 amide bonds. The molecule has 1 N–H and O–H groups in total. The number of halogens is 2. The molecule has 3 rings (SSSR count). The first-order valence-electron chi connectivity index (χ1n) is 8.10. The Morgan fingerprint density at radius 2 is 2.00 bits per heavy atom. The maximum atomic E-state index is 12.6. The number of methoxy groups -OCH3 is 1. The summed E-state index contributed by atoms with van der Waals surface area (Å²) in [5.74, 6) is -0.227. The van der Waals surface area contributed by atoms with Gasteiger partial charge in [0.05, 0.1) is 18.1 Å². The van der Waals surface area contributed by atoms with Gasteiger partial charge in [0.25, 0.3) is 0 Å². The van der Waals surface area contributed by atoms with Gasteiger partial charge < -0.3 is 15.0 Å². The van der Waals surface area contributed by atoms with E-state index in [1.54, 1.807) is 41.3 Å². The molecule has 1 unspecified atom stereocenters. The van der Waals surface area contributed by atoms with Crippen LogP contribution in [0, 0.1) is 12.8 Å². The van der Waals surface area contributed by atoms with Gasteiger partial charge in [0.1, 0.15) is 5.75 Å². The lowest BCUT2D eigenvalue weighted by atomic mass is 10.1. The molecule has 2 aromatic carbocycles. The SMILES string of the molecule is COc1ccc(N2CC(C(=O)Nc3cccc(Cl)c3C)CC2=O)cc1Cl. The van der Waals surface area contributed by atoms with Crippen LogP contribution in [-0.2, 0) is 9.59 Å². The monoisotopic (exact) mass is 392 g/mol. The van der Waals surface area contributed by atoms with Crippen molar-refractivity contribution in [1.29, 1.82) is 0 Å². The lowest BCUT2D eigenvalue weighted by Gasteiger charge is -2.18. The molecule has 1 atom stereocenters. The Bertz CT molecular complexity index is 870. The van der Waals surface area contributed by atoms with Crippen molar-refractivity contribution < 1.29 is 14.3 Å². The third-order valence-corrected chi connectivity index (χ3v) is 5.17. The molecule has 136 valence electrons. The fraction of sp³-hybridized carbons (Fsp3) is 0.263. The van der Waals surface area contributed by atoms with Crippen LogP contribution in [0.25, 0.3) is 0 Å². The van der Waals surface area contributed by atoms with Crippen molar-refractivity contribution in [1.82, 2.24) is 0 Å². The second-order valence-corrected chi connectivity index (χ2v) is 6.94. The summed E-state index contributed by atoms with van der Waals surface area (Å²) in [5, 5.41) is 3.87. The molecule has 0 bridgehead atoms. The van der Waals surface area contributed by atoms with Gasteiger partial charge in [-0.15, -0.1) is 0 Å². The number of nitrogens with zero attached hydrogens (tertiary/aromatic N) is 1. The lowest BCUT2D eigenvalue weighted by Crippen LogP contribution is -2.28. The highest BCUT2D eigenvalue weighted by Gasteiger charge is 2.35. The number of benzene rings is 2. The van der Waals surface area contributed by atoms with Crippen LogP contribution in [0.2, 0.25) is 10.0 Å². The van der Waals surface area contributed by atoms with Crippen LogP contribution in [0.15, 0.2) is 36.4 Å². The fourth-order valence-corrected chi connectivity index (χ4v) is 3.36. The number of anilines is 2. The van der Waals surface area contributed by atoms with Crippen LogP contribution < -0.4 is 15.0 Å². The number of carbonyl (C=O) groups is 2. The molecule has 0 radical (unpaired) electrons. The molecule has 26 heavy (non-hydrogen) atoms. The molecule has 0 spiro atoms. The van der Waals surface area contributed by atoms with Gasteiger partial charge in [0.15, 0.2) is 0 Å². The molecule has 5 nitrogen and oxygen atoms in total. The highest BCUT2D eigenvalue weighted by Crippen LogP contribution is 2.33. The number of nitrogens with one attached hydrogen (secondary N) is 1. The van der Waals surface area contributed by atoms with Gasteiger partial charge in [-0.2, -0.15) is 0 Å². The summed E-state index contributed by atoms with van der Waals surface area (Å²) in [7, 11) is 1.53. The Balaban J connectivity index is 1.74. The number of carbonyl (C=O) groups excluding carboxylic acids is 2. The fourth-order valence-electron chi connectivity index (χ4n) is 2.93. The summed E-state index contributed by atoms with van der Waals surface area (Å²) >= 11 is 12.2. The van der Waals surface area contributed by atoms with Crippen molar-refractivity contribution in [3.63, 3.8) is 0 Å². The summed E-state index contributed by atoms with van der Waals surface area (Å²) in [4.78, 5) is 26.5. The van der Waals surface area contributed by atoms with Crippen molar-refractivity contribution in [2.45, 2.75) is 13.3 Å². The summed E-state index contributed by atoms with van der Waals surface area (Å²) in [5.41, 5.74) is 2.10. The van der Waals surface area contributed by atoms with Gasteiger partial charge >= 0.3 is 0 Å². The van der Waals surface area contributed by atoms with Gasteiger partial charge in [0, 0.05) is 29.4 Å². The minimum atomic E-state index is -0.443. The molecular formula is C19H18Cl2N2O3. The third-order valence-electron chi connectivity index (χ3n) is 4.47. The smallest absolute Gasteiger partial charge is 0.229 e. The number of amides is 2. The largest absolute Gasteiger partial charge is 0.495 e. The molecule has 7 heteroatoms. The maximum absolute atomic E-state index is 12.6. The van der Waals surface area contributed by atoms with Gasteiger partial charge in [-0.1, -0.05) is 29.3 Å². The minimum Gasteiger partial charge on any atom is -0.495 e. The van der Waals surface area contributed by atoms with Gasteiger partial charge in [-0.25, -0.2) is 0 Å². The van der Waals surface area contributed by atoms with Crippen molar-refractivity contribution in [2.75, 3.05) is 23.9 Å². The van der Waals surface area contributed by atoms with E-state index in [1.807, 2.05) is 6.92 Å². The predicted octanol–water partition coefficient (Wildman–Crippen LogP) is 4.30. The first kappa shape index (κ1) is 18.5. The molecule has 2 aromatic rings. The Labute approximate surface area is 161 Å². The summed E-state index contributed by atoms with van der Waals surface area (Å²) in [6.07, 6.45) is 0.148. The average molecular weight is 393 g/mol. The van der Waals surface area contributed by atoms with Crippen LogP contribution in [0.1, 0.15) is 12.0 Å². The van der Waals surface area contributed by atoms with E-state index in [0.717, 1.165) is 5.56 Å². The number of hydrogen-bond acceptors (Lipinski definition) is 3. The number of ether oxygens (including phenoxy) is 1. The molecule has 1 aliphatic rings. The van der Waals surface area contributed by atoms with E-state index in [9.17, 15) is 9.59 Å². The van der Waals surface area contributed by atoms with Gasteiger partial charge in [-0.3, -0.25) is 9.59 Å². The normalized spacial score (nSPS) is 16.7. The van der Waals surface area contributed by atoms with E-state index in [0.29, 0.717) is 33.7 Å². The van der Waals surface area contributed by atoms with Crippen molar-refractivity contribution in [2.24, 2.45) is 5.92 Å². The van der Waals surface area contributed by atoms with Crippen LogP contribution in [0.4, 0.5) is 11.4 Å². The maximum Gasteiger partial charge on any atom is 0.229 e. The Morgan fingerprint density at radius 1 is 1.23 bits per heavy atom. The zero-order valence-corrected chi connectivity index (χ0v) is 15.9. The Morgan fingerprint density at radius 3 is 2.69 bits per heavy atom. The van der Waals surface area contributed by atoms with Crippen LogP contribution in [0.5, 0.6) is 5.75 Å². The van der Waals surface area contributed by atoms with Crippen molar-refractivity contribution >= 4 is 46.4 Å². The Hall–Kier alpha value is -2.24. The molecule has 1 saturated heterocycles. The zero-order chi connectivity index (χ0) is 18.8. The first-order chi connectivity index (χ1) is 12.4. The topological polar surface area (TPSA) is 58.6 Å². The van der Waals surface area contributed by atoms with Gasteiger partial charge in [0.2, 0.25) is 11.8 Å². The molecule has 1 fully saturated rings. The third kappa shape index (κ3) is 3.64. The highest BCUT2D eigenvalue weighted by molar-refractivity contribution is 6.32. The molecule has 0 saturated carbocycles. The predicted molar refractivity (Wildman–Crippen MR) is 103 cm³/mol. The van der Waals surface area contributed by atoms with E-state index in [1.165, 1.54) is 7.11 Å². The molecule has 1 aliphatic heterocycles. The van der Waals surface area contributed by atoms with E-state index in [2.05, 4.69) is 5.32 Å². The lowest BCUT2D eigenvalue weighted by molar-refractivity contribution is -0.122. The molecule has 0 aromatic heterocycles. The van der Waals surface area contributed by atoms with Crippen LogP contribution >= 0.6 is 23.2 Å². The number of hydrogen-bond donors (Lipinski definition) is 1. The van der Waals surface area contributed by atoms with Crippen LogP contribution in [-0.4, -0.2) is 25.5 Å². The van der Waals surface area contributed by atoms with Gasteiger partial charge in [-0.05, 0) is 42.8 Å². The van der Waals surface area contributed by atoms with Crippen LogP contribution in [0.3, 0.4) is 0 Å². The molecule has 1 heterocycles. The second kappa shape index (κ2) is 7.56. The van der Waals surface area contributed by atoms with E-state index >= 15 is 0 Å². The van der Waals surface area contributed by atoms with Crippen molar-refractivity contribution in [3.8, 4) is 5.75 Å². The van der Waals surface area contributed by atoms with Crippen molar-refractivity contribution in [3.05, 3.63) is 52.0 Å². The molecular weight excluding hydrogens is 375 g/mol. The van der Waals surface area contributed by atoms with E-state index < -0.39 is 5.92 Å². The quantitative estimate of drug-likeness (QED) is 0.843. The Kier molecular flexibility index (Phi) is 5.39. The minimum absolute atomic E-state index is 0.116. The van der Waals surface area contributed by atoms with E-state index in [-0.39, 0.29) is 18.2 Å². The number of rotatable bonds is 4. The standard InChI is InChI=1S/C19H18Cl2N2O3/c1-11-14(20)4-3-5-16(11)22-19(25)12-8-18(24)23(10-12)13-6-7-17(26-2)15(21)9-13/h3-7,9,12H,8,10H2,1-2H3,(H,22,25). The first-order valence-corrected chi connectivity index (χ1v) is 8.86. The highest BCUT2D eigenvalue weighted by atomic mass is 35.5. The van der Waals surface area contributed by atoms with E-state index in [4.69, 9.17) is 27.9 Å². The average Bonchev–Trinajstić information content (AvgIpc) is 3.01. The second-order valence-electron chi connectivity index (χ2n) is 6.13.